The zero-order valence-electron chi connectivity index (χ0n) is 13.1. The van der Waals surface area contributed by atoms with Crippen molar-refractivity contribution in [2.75, 3.05) is 0 Å². The molecule has 2 unspecified atom stereocenters. The van der Waals surface area contributed by atoms with Gasteiger partial charge >= 0.3 is 0 Å². The number of nitrogens with two attached hydrogens (primary N) is 1. The quantitative estimate of drug-likeness (QED) is 0.724. The molecule has 1 rings (SSSR count). The van der Waals surface area contributed by atoms with Gasteiger partial charge in [-0.15, -0.1) is 0 Å². The minimum Gasteiger partial charge on any atom is -0.392 e. The van der Waals surface area contributed by atoms with E-state index in [2.05, 4.69) is 19.2 Å². The Labute approximate surface area is 133 Å². The van der Waals surface area contributed by atoms with E-state index in [0.29, 0.717) is 5.92 Å². The summed E-state index contributed by atoms with van der Waals surface area (Å²) in [6.45, 7) is 6.45. The second-order valence-corrected chi connectivity index (χ2v) is 6.45. The predicted molar refractivity (Wildman–Crippen MR) is 92.3 cm³/mol. The van der Waals surface area contributed by atoms with Crippen molar-refractivity contribution >= 4 is 23.1 Å². The SMILES string of the molecule is CC(C)CCCC(C)NC(=O)C(C(N)=S)c1ccccc1. The van der Waals surface area contributed by atoms with Crippen LogP contribution in [0.2, 0.25) is 0 Å². The van der Waals surface area contributed by atoms with Gasteiger partial charge in [-0.3, -0.25) is 4.79 Å². The summed E-state index contributed by atoms with van der Waals surface area (Å²) in [6.07, 6.45) is 3.27. The minimum atomic E-state index is -0.547. The maximum atomic E-state index is 12.4. The number of benzene rings is 1. The molecule has 1 aromatic rings. The standard InChI is InChI=1S/C17H26N2OS/c1-12(2)8-7-9-13(3)19-17(20)15(16(18)21)14-10-5-4-6-11-14/h4-6,10-13,15H,7-9H2,1-3H3,(H2,18,21)(H,19,20). The average molecular weight is 306 g/mol. The molecular formula is C17H26N2OS. The van der Waals surface area contributed by atoms with Crippen molar-refractivity contribution in [2.24, 2.45) is 11.7 Å². The molecule has 1 amide bonds. The summed E-state index contributed by atoms with van der Waals surface area (Å²) in [7, 11) is 0. The average Bonchev–Trinajstić information content (AvgIpc) is 2.38. The molecule has 0 radical (unpaired) electrons. The van der Waals surface area contributed by atoms with E-state index in [1.54, 1.807) is 0 Å². The highest BCUT2D eigenvalue weighted by Gasteiger charge is 2.24. The van der Waals surface area contributed by atoms with Gasteiger partial charge in [0, 0.05) is 6.04 Å². The van der Waals surface area contributed by atoms with Crippen molar-refractivity contribution in [3.05, 3.63) is 35.9 Å². The molecule has 2 atom stereocenters. The lowest BCUT2D eigenvalue weighted by molar-refractivity contribution is -0.121. The van der Waals surface area contributed by atoms with Crippen LogP contribution in [-0.2, 0) is 4.79 Å². The van der Waals surface area contributed by atoms with Gasteiger partial charge in [0.1, 0.15) is 5.92 Å². The molecule has 0 spiro atoms. The van der Waals surface area contributed by atoms with Gasteiger partial charge in [-0.25, -0.2) is 0 Å². The topological polar surface area (TPSA) is 55.1 Å². The summed E-state index contributed by atoms with van der Waals surface area (Å²) < 4.78 is 0. The lowest BCUT2D eigenvalue weighted by Crippen LogP contribution is -2.40. The summed E-state index contributed by atoms with van der Waals surface area (Å²) in [6, 6.07) is 9.59. The third-order valence-corrected chi connectivity index (χ3v) is 3.72. The Morgan fingerprint density at radius 1 is 1.19 bits per heavy atom. The van der Waals surface area contributed by atoms with Crippen LogP contribution in [0.3, 0.4) is 0 Å². The van der Waals surface area contributed by atoms with Crippen LogP contribution in [0.4, 0.5) is 0 Å². The fraction of sp³-hybridized carbons (Fsp3) is 0.529. The lowest BCUT2D eigenvalue weighted by Gasteiger charge is -2.20. The Balaban J connectivity index is 2.60. The number of carbonyl (C=O) groups is 1. The van der Waals surface area contributed by atoms with Gasteiger partial charge < -0.3 is 11.1 Å². The van der Waals surface area contributed by atoms with Gasteiger partial charge in [0.15, 0.2) is 0 Å². The highest BCUT2D eigenvalue weighted by atomic mass is 32.1. The van der Waals surface area contributed by atoms with Crippen molar-refractivity contribution < 1.29 is 4.79 Å². The molecule has 0 saturated carbocycles. The van der Waals surface area contributed by atoms with Gasteiger partial charge in [-0.05, 0) is 24.8 Å². The predicted octanol–water partition coefficient (Wildman–Crippen LogP) is 3.39. The fourth-order valence-electron chi connectivity index (χ4n) is 2.32. The van der Waals surface area contributed by atoms with Gasteiger partial charge in [-0.1, -0.05) is 69.2 Å². The summed E-state index contributed by atoms with van der Waals surface area (Å²) in [5.74, 6) is 0.0427. The Hall–Kier alpha value is -1.42. The third-order valence-electron chi connectivity index (χ3n) is 3.49. The van der Waals surface area contributed by atoms with Crippen LogP contribution in [0.15, 0.2) is 30.3 Å². The smallest absolute Gasteiger partial charge is 0.234 e. The van der Waals surface area contributed by atoms with Crippen LogP contribution in [0.5, 0.6) is 0 Å². The Morgan fingerprint density at radius 2 is 1.81 bits per heavy atom. The van der Waals surface area contributed by atoms with Crippen molar-refractivity contribution in [3.63, 3.8) is 0 Å². The van der Waals surface area contributed by atoms with Crippen molar-refractivity contribution in [1.82, 2.24) is 5.32 Å². The Bertz CT molecular complexity index is 459. The van der Waals surface area contributed by atoms with Gasteiger partial charge in [0.2, 0.25) is 5.91 Å². The number of rotatable bonds is 8. The summed E-state index contributed by atoms with van der Waals surface area (Å²) in [4.78, 5) is 12.6. The zero-order chi connectivity index (χ0) is 15.8. The van der Waals surface area contributed by atoms with E-state index in [-0.39, 0.29) is 16.9 Å². The highest BCUT2D eigenvalue weighted by molar-refractivity contribution is 7.80. The largest absolute Gasteiger partial charge is 0.392 e. The number of thiocarbonyl (C=S) groups is 1. The molecule has 3 N–H and O–H groups in total. The minimum absolute atomic E-state index is 0.106. The van der Waals surface area contributed by atoms with E-state index < -0.39 is 5.92 Å². The van der Waals surface area contributed by atoms with Gasteiger partial charge in [-0.2, -0.15) is 0 Å². The van der Waals surface area contributed by atoms with E-state index in [9.17, 15) is 4.79 Å². The molecule has 4 heteroatoms. The summed E-state index contributed by atoms with van der Waals surface area (Å²) >= 11 is 5.07. The van der Waals surface area contributed by atoms with Gasteiger partial charge in [0.25, 0.3) is 0 Å². The Morgan fingerprint density at radius 3 is 2.33 bits per heavy atom. The van der Waals surface area contributed by atoms with Crippen LogP contribution >= 0.6 is 12.2 Å². The first-order chi connectivity index (χ1) is 9.91. The number of amides is 1. The van der Waals surface area contributed by atoms with Crippen LogP contribution in [0.1, 0.15) is 51.5 Å². The molecule has 0 aliphatic heterocycles. The van der Waals surface area contributed by atoms with Crippen LogP contribution in [-0.4, -0.2) is 16.9 Å². The van der Waals surface area contributed by atoms with E-state index in [1.807, 2.05) is 37.3 Å². The second kappa shape index (κ2) is 8.78. The second-order valence-electron chi connectivity index (χ2n) is 5.98. The van der Waals surface area contributed by atoms with Crippen LogP contribution in [0, 0.1) is 5.92 Å². The molecule has 1 aromatic carbocycles. The number of carbonyl (C=O) groups excluding carboxylic acids is 1. The normalized spacial score (nSPS) is 13.7. The van der Waals surface area contributed by atoms with E-state index in [4.69, 9.17) is 18.0 Å². The molecule has 0 aromatic heterocycles. The first-order valence-corrected chi connectivity index (χ1v) is 7.97. The number of nitrogens with one attached hydrogen (secondary N) is 1. The monoisotopic (exact) mass is 306 g/mol. The zero-order valence-corrected chi connectivity index (χ0v) is 14.0. The Kier molecular flexibility index (Phi) is 7.37. The maximum Gasteiger partial charge on any atom is 0.234 e. The fourth-order valence-corrected chi connectivity index (χ4v) is 2.56. The van der Waals surface area contributed by atoms with Crippen LogP contribution in [0.25, 0.3) is 0 Å². The summed E-state index contributed by atoms with van der Waals surface area (Å²) in [5.41, 5.74) is 6.60. The van der Waals surface area contributed by atoms with Crippen molar-refractivity contribution in [1.29, 1.82) is 0 Å². The van der Waals surface area contributed by atoms with Gasteiger partial charge in [0.05, 0.1) is 4.99 Å². The van der Waals surface area contributed by atoms with Crippen molar-refractivity contribution in [3.8, 4) is 0 Å². The number of hydrogen-bond donors (Lipinski definition) is 2. The molecule has 0 heterocycles. The summed E-state index contributed by atoms with van der Waals surface area (Å²) in [5, 5.41) is 3.03. The van der Waals surface area contributed by atoms with Crippen molar-refractivity contribution in [2.45, 2.75) is 52.0 Å². The van der Waals surface area contributed by atoms with Crippen LogP contribution < -0.4 is 11.1 Å². The molecule has 0 bridgehead atoms. The highest BCUT2D eigenvalue weighted by Crippen LogP contribution is 2.17. The molecule has 0 saturated heterocycles. The van der Waals surface area contributed by atoms with E-state index in [0.717, 1.165) is 18.4 Å². The molecule has 0 aliphatic carbocycles. The molecule has 0 fully saturated rings. The molecule has 3 nitrogen and oxygen atoms in total. The molecule has 21 heavy (non-hydrogen) atoms. The first kappa shape index (κ1) is 17.6. The van der Waals surface area contributed by atoms with E-state index in [1.165, 1.54) is 6.42 Å². The first-order valence-electron chi connectivity index (χ1n) is 7.56. The molecular weight excluding hydrogens is 280 g/mol. The maximum absolute atomic E-state index is 12.4. The van der Waals surface area contributed by atoms with E-state index >= 15 is 0 Å². The molecule has 0 aliphatic rings. The number of hydrogen-bond acceptors (Lipinski definition) is 2. The lowest BCUT2D eigenvalue weighted by atomic mass is 9.97. The molecule has 116 valence electrons. The third kappa shape index (κ3) is 6.25.